The van der Waals surface area contributed by atoms with Crippen LogP contribution in [0.2, 0.25) is 0 Å². The Morgan fingerprint density at radius 1 is 0.900 bits per heavy atom. The van der Waals surface area contributed by atoms with E-state index in [-0.39, 0.29) is 23.3 Å². The Bertz CT molecular complexity index is 1430. The lowest BCUT2D eigenvalue weighted by Crippen LogP contribution is -2.36. The van der Waals surface area contributed by atoms with E-state index in [9.17, 15) is 19.2 Å². The van der Waals surface area contributed by atoms with E-state index in [1.165, 1.54) is 0 Å². The molecule has 40 heavy (non-hydrogen) atoms. The molecule has 10 heteroatoms. The quantitative estimate of drug-likeness (QED) is 0.315. The van der Waals surface area contributed by atoms with Crippen molar-refractivity contribution >= 4 is 52.2 Å². The first-order chi connectivity index (χ1) is 19.2. The number of carbonyl (C=O) groups is 4. The summed E-state index contributed by atoms with van der Waals surface area (Å²) < 4.78 is 10.7. The number of carbonyl (C=O) groups excluding carboxylic acids is 4. The standard InChI is InChI=1S/C30H29N3O6S/c1-19(2)24-6-4-5-7-25(24)32-28(35)18-39-23-12-8-20(9-13-23)16-26-29(36)33(30(37)40-26)17-27(34)31-21-10-14-22(38-3)15-11-21/h4-16,19H,17-18H2,1-3H3,(H,31,34)(H,32,35)/b26-16+. The molecule has 9 nitrogen and oxygen atoms in total. The molecule has 0 bridgehead atoms. The monoisotopic (exact) mass is 559 g/mol. The number of benzene rings is 3. The van der Waals surface area contributed by atoms with Crippen molar-refractivity contribution in [2.24, 2.45) is 0 Å². The molecule has 0 atom stereocenters. The van der Waals surface area contributed by atoms with Gasteiger partial charge in [-0.25, -0.2) is 0 Å². The van der Waals surface area contributed by atoms with Crippen LogP contribution in [0.1, 0.15) is 30.9 Å². The topological polar surface area (TPSA) is 114 Å². The molecule has 4 amide bonds. The van der Waals surface area contributed by atoms with Crippen molar-refractivity contribution in [3.8, 4) is 11.5 Å². The zero-order valence-electron chi connectivity index (χ0n) is 22.3. The van der Waals surface area contributed by atoms with E-state index in [1.807, 2.05) is 24.3 Å². The molecule has 1 aliphatic rings. The van der Waals surface area contributed by atoms with Crippen molar-refractivity contribution in [2.75, 3.05) is 30.9 Å². The number of imide groups is 1. The molecule has 0 unspecified atom stereocenters. The van der Waals surface area contributed by atoms with Gasteiger partial charge in [-0.05, 0) is 77.3 Å². The maximum Gasteiger partial charge on any atom is 0.294 e. The molecule has 0 radical (unpaired) electrons. The number of methoxy groups -OCH3 is 1. The van der Waals surface area contributed by atoms with Gasteiger partial charge in [-0.15, -0.1) is 0 Å². The molecule has 3 aromatic carbocycles. The molecule has 206 valence electrons. The van der Waals surface area contributed by atoms with E-state index in [4.69, 9.17) is 9.47 Å². The summed E-state index contributed by atoms with van der Waals surface area (Å²) in [4.78, 5) is 51.2. The summed E-state index contributed by atoms with van der Waals surface area (Å²) in [5, 5.41) is 5.02. The average molecular weight is 560 g/mol. The van der Waals surface area contributed by atoms with Gasteiger partial charge >= 0.3 is 0 Å². The molecule has 0 saturated carbocycles. The first kappa shape index (κ1) is 28.4. The lowest BCUT2D eigenvalue weighted by Gasteiger charge is -2.14. The zero-order valence-corrected chi connectivity index (χ0v) is 23.1. The van der Waals surface area contributed by atoms with Crippen LogP contribution in [0.15, 0.2) is 77.7 Å². The van der Waals surface area contributed by atoms with E-state index in [1.54, 1.807) is 61.7 Å². The van der Waals surface area contributed by atoms with Crippen LogP contribution in [0.3, 0.4) is 0 Å². The second kappa shape index (κ2) is 13.0. The third-order valence-electron chi connectivity index (χ3n) is 5.95. The molecule has 0 aromatic heterocycles. The highest BCUT2D eigenvalue weighted by atomic mass is 32.2. The fourth-order valence-corrected chi connectivity index (χ4v) is 4.75. The first-order valence-corrected chi connectivity index (χ1v) is 13.4. The first-order valence-electron chi connectivity index (χ1n) is 12.5. The van der Waals surface area contributed by atoms with E-state index in [0.717, 1.165) is 27.9 Å². The molecule has 2 N–H and O–H groups in total. The molecule has 1 heterocycles. The minimum Gasteiger partial charge on any atom is -0.497 e. The van der Waals surface area contributed by atoms with E-state index in [0.29, 0.717) is 22.7 Å². The van der Waals surface area contributed by atoms with Crippen LogP contribution in [-0.2, 0) is 14.4 Å². The van der Waals surface area contributed by atoms with Crippen molar-refractivity contribution < 1.29 is 28.7 Å². The molecule has 1 aliphatic heterocycles. The second-order valence-electron chi connectivity index (χ2n) is 9.19. The highest BCUT2D eigenvalue weighted by molar-refractivity contribution is 8.18. The summed E-state index contributed by atoms with van der Waals surface area (Å²) in [6, 6.07) is 21.1. The molecule has 1 saturated heterocycles. The van der Waals surface area contributed by atoms with Crippen molar-refractivity contribution in [2.45, 2.75) is 19.8 Å². The number of hydrogen-bond acceptors (Lipinski definition) is 7. The van der Waals surface area contributed by atoms with Crippen molar-refractivity contribution in [3.63, 3.8) is 0 Å². The third-order valence-corrected chi connectivity index (χ3v) is 6.86. The number of ether oxygens (including phenoxy) is 2. The lowest BCUT2D eigenvalue weighted by atomic mass is 10.0. The van der Waals surface area contributed by atoms with E-state index in [2.05, 4.69) is 24.5 Å². The number of anilines is 2. The van der Waals surface area contributed by atoms with Crippen LogP contribution < -0.4 is 20.1 Å². The number of rotatable bonds is 10. The summed E-state index contributed by atoms with van der Waals surface area (Å²) >= 11 is 0.770. The maximum absolute atomic E-state index is 12.8. The van der Waals surface area contributed by atoms with Gasteiger partial charge in [-0.3, -0.25) is 24.1 Å². The molecule has 0 spiro atoms. The minimum atomic E-state index is -0.543. The van der Waals surface area contributed by atoms with Gasteiger partial charge in [-0.1, -0.05) is 44.2 Å². The largest absolute Gasteiger partial charge is 0.497 e. The van der Waals surface area contributed by atoms with Crippen molar-refractivity contribution in [3.05, 3.63) is 88.8 Å². The maximum atomic E-state index is 12.8. The van der Waals surface area contributed by atoms with Gasteiger partial charge in [0.05, 0.1) is 12.0 Å². The SMILES string of the molecule is COc1ccc(NC(=O)CN2C(=O)S/C(=C/c3ccc(OCC(=O)Nc4ccccc4C(C)C)cc3)C2=O)cc1. The summed E-state index contributed by atoms with van der Waals surface area (Å²) in [6.45, 7) is 3.56. The van der Waals surface area contributed by atoms with Crippen LogP contribution in [0.4, 0.5) is 16.2 Å². The summed E-state index contributed by atoms with van der Waals surface area (Å²) in [5.74, 6) is 0.0745. The zero-order chi connectivity index (χ0) is 28.6. The average Bonchev–Trinajstić information content (AvgIpc) is 3.20. The van der Waals surface area contributed by atoms with Gasteiger partial charge in [0, 0.05) is 11.4 Å². The Hall–Kier alpha value is -4.57. The Morgan fingerprint density at radius 3 is 2.25 bits per heavy atom. The van der Waals surface area contributed by atoms with Crippen LogP contribution in [0, 0.1) is 0 Å². The van der Waals surface area contributed by atoms with Crippen LogP contribution in [-0.4, -0.2) is 48.1 Å². The predicted molar refractivity (Wildman–Crippen MR) is 155 cm³/mol. The predicted octanol–water partition coefficient (Wildman–Crippen LogP) is 5.51. The molecule has 0 aliphatic carbocycles. The molecule has 1 fully saturated rings. The Kier molecular flexibility index (Phi) is 9.23. The summed E-state index contributed by atoms with van der Waals surface area (Å²) in [6.07, 6.45) is 1.58. The summed E-state index contributed by atoms with van der Waals surface area (Å²) in [7, 11) is 1.54. The van der Waals surface area contributed by atoms with Gasteiger partial charge in [0.25, 0.3) is 17.1 Å². The number of nitrogens with zero attached hydrogens (tertiary/aromatic N) is 1. The smallest absolute Gasteiger partial charge is 0.294 e. The van der Waals surface area contributed by atoms with Crippen LogP contribution >= 0.6 is 11.8 Å². The number of para-hydroxylation sites is 1. The fourth-order valence-electron chi connectivity index (χ4n) is 3.92. The van der Waals surface area contributed by atoms with E-state index >= 15 is 0 Å². The van der Waals surface area contributed by atoms with Gasteiger partial charge in [0.2, 0.25) is 5.91 Å². The highest BCUT2D eigenvalue weighted by Gasteiger charge is 2.36. The minimum absolute atomic E-state index is 0.163. The van der Waals surface area contributed by atoms with Gasteiger partial charge in [0.1, 0.15) is 18.0 Å². The van der Waals surface area contributed by atoms with E-state index < -0.39 is 23.6 Å². The third kappa shape index (κ3) is 7.29. The van der Waals surface area contributed by atoms with Crippen LogP contribution in [0.25, 0.3) is 6.08 Å². The Balaban J connectivity index is 1.30. The van der Waals surface area contributed by atoms with Crippen LogP contribution in [0.5, 0.6) is 11.5 Å². The second-order valence-corrected chi connectivity index (χ2v) is 10.2. The molecular weight excluding hydrogens is 530 g/mol. The number of nitrogens with one attached hydrogen (secondary N) is 2. The number of amides is 4. The molecular formula is C30H29N3O6S. The van der Waals surface area contributed by atoms with Gasteiger partial charge in [0.15, 0.2) is 6.61 Å². The number of hydrogen-bond donors (Lipinski definition) is 2. The Morgan fingerprint density at radius 2 is 1.57 bits per heavy atom. The van der Waals surface area contributed by atoms with Crippen molar-refractivity contribution in [1.82, 2.24) is 4.90 Å². The lowest BCUT2D eigenvalue weighted by molar-refractivity contribution is -0.127. The normalized spacial score (nSPS) is 14.0. The van der Waals surface area contributed by atoms with Gasteiger partial charge in [-0.2, -0.15) is 0 Å². The number of thioether (sulfide) groups is 1. The Labute approximate surface area is 236 Å². The van der Waals surface area contributed by atoms with Gasteiger partial charge < -0.3 is 20.1 Å². The molecule has 3 aromatic rings. The fraction of sp³-hybridized carbons (Fsp3) is 0.200. The van der Waals surface area contributed by atoms with Crippen molar-refractivity contribution in [1.29, 1.82) is 0 Å². The summed E-state index contributed by atoms with van der Waals surface area (Å²) in [5.41, 5.74) is 2.99. The highest BCUT2D eigenvalue weighted by Crippen LogP contribution is 2.32. The molecule has 4 rings (SSSR count).